The van der Waals surface area contributed by atoms with Crippen molar-refractivity contribution in [1.82, 2.24) is 0 Å². The average Bonchev–Trinajstić information content (AvgIpc) is 1.95. The Bertz CT molecular complexity index is 247. The summed E-state index contributed by atoms with van der Waals surface area (Å²) in [5.41, 5.74) is 0. The molecule has 0 amide bonds. The lowest BCUT2D eigenvalue weighted by atomic mass is 10.2. The molecule has 0 aromatic rings. The summed E-state index contributed by atoms with van der Waals surface area (Å²) < 4.78 is 12.8. The third-order valence-corrected chi connectivity index (χ3v) is 19.1. The van der Waals surface area contributed by atoms with Crippen LogP contribution in [0.4, 0.5) is 0 Å². The van der Waals surface area contributed by atoms with Crippen molar-refractivity contribution in [3.63, 3.8) is 0 Å². The lowest BCUT2D eigenvalue weighted by Crippen LogP contribution is -2.51. The molecule has 0 saturated heterocycles. The van der Waals surface area contributed by atoms with Crippen LogP contribution < -0.4 is 0 Å². The first-order valence-corrected chi connectivity index (χ1v) is 14.9. The summed E-state index contributed by atoms with van der Waals surface area (Å²) in [6, 6.07) is 0. The minimum Gasteiger partial charge on any atom is -0.438 e. The van der Waals surface area contributed by atoms with E-state index in [4.69, 9.17) is 8.23 Å². The summed E-state index contributed by atoms with van der Waals surface area (Å²) in [6.45, 7) is 25.1. The van der Waals surface area contributed by atoms with Crippen LogP contribution in [0.5, 0.6) is 0 Å². The molecule has 0 spiro atoms. The van der Waals surface area contributed by atoms with Crippen LogP contribution in [0.3, 0.4) is 0 Å². The molecule has 0 unspecified atom stereocenters. The zero-order valence-corrected chi connectivity index (χ0v) is 17.5. The summed E-state index contributed by atoms with van der Waals surface area (Å²) in [5, 5.41) is 0.538. The molecule has 0 rings (SSSR count). The molecule has 0 aromatic heterocycles. The number of hydrogen-bond acceptors (Lipinski definition) is 2. The zero-order chi connectivity index (χ0) is 15.0. The normalized spacial score (nSPS) is 15.3. The molecule has 0 radical (unpaired) electrons. The van der Waals surface area contributed by atoms with Crippen LogP contribution in [-0.4, -0.2) is 25.9 Å². The predicted octanol–water partition coefficient (Wildman–Crippen LogP) is 4.88. The fraction of sp³-hybridized carbons (Fsp3) is 1.00. The standard InChI is InChI=1S/C13H34O2Si3/c1-12(2,3)17(8,9)14-16(7)15-18(10,11)13(4,5)6/h16H,1-11H3. The van der Waals surface area contributed by atoms with Gasteiger partial charge in [-0.1, -0.05) is 41.5 Å². The maximum Gasteiger partial charge on any atom is 0.297 e. The molecule has 0 aliphatic rings. The second kappa shape index (κ2) is 5.52. The van der Waals surface area contributed by atoms with Crippen LogP contribution in [0.25, 0.3) is 0 Å². The van der Waals surface area contributed by atoms with Crippen molar-refractivity contribution in [2.75, 3.05) is 0 Å². The molecule has 0 heterocycles. The minimum atomic E-state index is -1.67. The molecule has 5 heteroatoms. The molecule has 0 aromatic carbocycles. The van der Waals surface area contributed by atoms with Gasteiger partial charge in [0.2, 0.25) is 0 Å². The Hall–Kier alpha value is 0.571. The SMILES string of the molecule is C[SiH](O[Si](C)(C)C(C)(C)C)O[Si](C)(C)C(C)(C)C. The fourth-order valence-corrected chi connectivity index (χ4v) is 11.3. The molecular formula is C13H34O2Si3. The lowest BCUT2D eigenvalue weighted by Gasteiger charge is -2.43. The smallest absolute Gasteiger partial charge is 0.297 e. The van der Waals surface area contributed by atoms with E-state index in [0.717, 1.165) is 0 Å². The molecule has 0 bridgehead atoms. The highest BCUT2D eigenvalue weighted by atomic mass is 28.4. The molecule has 0 aliphatic carbocycles. The van der Waals surface area contributed by atoms with E-state index in [-0.39, 0.29) is 10.1 Å². The topological polar surface area (TPSA) is 18.5 Å². The van der Waals surface area contributed by atoms with Gasteiger partial charge in [-0.05, 0) is 42.8 Å². The highest BCUT2D eigenvalue weighted by Gasteiger charge is 2.42. The maximum absolute atomic E-state index is 6.42. The van der Waals surface area contributed by atoms with E-state index < -0.39 is 25.9 Å². The molecule has 18 heavy (non-hydrogen) atoms. The molecule has 2 nitrogen and oxygen atoms in total. The first-order chi connectivity index (χ1) is 7.60. The third kappa shape index (κ3) is 4.92. The van der Waals surface area contributed by atoms with Crippen LogP contribution >= 0.6 is 0 Å². The third-order valence-electron chi connectivity index (χ3n) is 4.53. The molecule has 0 N–H and O–H groups in total. The van der Waals surface area contributed by atoms with E-state index in [1.165, 1.54) is 0 Å². The Morgan fingerprint density at radius 3 is 1.06 bits per heavy atom. The van der Waals surface area contributed by atoms with E-state index in [2.05, 4.69) is 74.3 Å². The highest BCUT2D eigenvalue weighted by Crippen LogP contribution is 2.39. The van der Waals surface area contributed by atoms with Gasteiger partial charge in [-0.3, -0.25) is 0 Å². The van der Waals surface area contributed by atoms with Crippen molar-refractivity contribution in [1.29, 1.82) is 0 Å². The average molecular weight is 307 g/mol. The van der Waals surface area contributed by atoms with Crippen molar-refractivity contribution in [3.8, 4) is 0 Å². The van der Waals surface area contributed by atoms with E-state index in [0.29, 0.717) is 0 Å². The van der Waals surface area contributed by atoms with Gasteiger partial charge in [-0.25, -0.2) is 0 Å². The van der Waals surface area contributed by atoms with Crippen molar-refractivity contribution >= 4 is 25.9 Å². The van der Waals surface area contributed by atoms with Crippen molar-refractivity contribution < 1.29 is 8.23 Å². The minimum absolute atomic E-state index is 0.269. The Labute approximate surface area is 119 Å². The van der Waals surface area contributed by atoms with E-state index in [1.807, 2.05) is 0 Å². The quantitative estimate of drug-likeness (QED) is 0.689. The van der Waals surface area contributed by atoms with Crippen LogP contribution in [0.2, 0.25) is 42.8 Å². The van der Waals surface area contributed by atoms with Gasteiger partial charge in [-0.2, -0.15) is 0 Å². The molecule has 0 aliphatic heterocycles. The summed E-state index contributed by atoms with van der Waals surface area (Å²) in [4.78, 5) is 0. The van der Waals surface area contributed by atoms with Crippen molar-refractivity contribution in [2.24, 2.45) is 0 Å². The molecule has 0 saturated carbocycles. The van der Waals surface area contributed by atoms with Gasteiger partial charge >= 0.3 is 0 Å². The van der Waals surface area contributed by atoms with Crippen LogP contribution in [0.15, 0.2) is 0 Å². The monoisotopic (exact) mass is 306 g/mol. The first-order valence-electron chi connectivity index (χ1n) is 6.96. The first kappa shape index (κ1) is 18.6. The zero-order valence-electron chi connectivity index (χ0n) is 14.4. The van der Waals surface area contributed by atoms with Crippen LogP contribution in [0, 0.1) is 0 Å². The Morgan fingerprint density at radius 2 is 0.889 bits per heavy atom. The van der Waals surface area contributed by atoms with Gasteiger partial charge in [0.05, 0.1) is 0 Å². The van der Waals surface area contributed by atoms with Gasteiger partial charge < -0.3 is 8.23 Å². The molecule has 110 valence electrons. The number of hydrogen-bond donors (Lipinski definition) is 0. The highest BCUT2D eigenvalue weighted by molar-refractivity contribution is 6.83. The fourth-order valence-electron chi connectivity index (χ4n) is 1.21. The van der Waals surface area contributed by atoms with Gasteiger partial charge in [0, 0.05) is 0 Å². The maximum atomic E-state index is 6.42. The summed E-state index contributed by atoms with van der Waals surface area (Å²) in [5.74, 6) is 0. The van der Waals surface area contributed by atoms with E-state index in [1.54, 1.807) is 0 Å². The van der Waals surface area contributed by atoms with Gasteiger partial charge in [0.1, 0.15) is 0 Å². The summed E-state index contributed by atoms with van der Waals surface area (Å²) >= 11 is 0. The van der Waals surface area contributed by atoms with E-state index >= 15 is 0 Å². The molecule has 0 fully saturated rings. The predicted molar refractivity (Wildman–Crippen MR) is 89.6 cm³/mol. The molecule has 0 atom stereocenters. The lowest BCUT2D eigenvalue weighted by molar-refractivity contribution is 0.386. The number of rotatable bonds is 4. The second-order valence-corrected chi connectivity index (χ2v) is 20.4. The van der Waals surface area contributed by atoms with Gasteiger partial charge in [0.15, 0.2) is 16.6 Å². The Kier molecular flexibility index (Phi) is 5.69. The van der Waals surface area contributed by atoms with Crippen molar-refractivity contribution in [3.05, 3.63) is 0 Å². The molecular weight excluding hydrogens is 272 g/mol. The largest absolute Gasteiger partial charge is 0.438 e. The summed E-state index contributed by atoms with van der Waals surface area (Å²) in [6.07, 6.45) is 0. The second-order valence-electron chi connectivity index (χ2n) is 8.32. The van der Waals surface area contributed by atoms with Gasteiger partial charge in [0.25, 0.3) is 9.28 Å². The van der Waals surface area contributed by atoms with Crippen molar-refractivity contribution in [2.45, 2.75) is 84.4 Å². The van der Waals surface area contributed by atoms with Gasteiger partial charge in [-0.15, -0.1) is 0 Å². The van der Waals surface area contributed by atoms with Crippen LogP contribution in [-0.2, 0) is 8.23 Å². The Balaban J connectivity index is 4.69. The van der Waals surface area contributed by atoms with Crippen LogP contribution in [0.1, 0.15) is 41.5 Å². The van der Waals surface area contributed by atoms with E-state index in [9.17, 15) is 0 Å². The Morgan fingerprint density at radius 1 is 0.667 bits per heavy atom. The summed E-state index contributed by atoms with van der Waals surface area (Å²) in [7, 11) is -4.86.